The highest BCUT2D eigenvalue weighted by Crippen LogP contribution is 2.30. The van der Waals surface area contributed by atoms with Crippen LogP contribution in [0.4, 0.5) is 0 Å². The number of carbonyl (C=O) groups excluding carboxylic acids is 2. The van der Waals surface area contributed by atoms with E-state index < -0.39 is 28.5 Å². The Kier molecular flexibility index (Phi) is 5.81. The van der Waals surface area contributed by atoms with E-state index in [0.717, 1.165) is 0 Å². The van der Waals surface area contributed by atoms with Gasteiger partial charge >= 0.3 is 5.97 Å². The third kappa shape index (κ3) is 4.99. The van der Waals surface area contributed by atoms with E-state index >= 15 is 0 Å². The number of hydrogen-bond acceptors (Lipinski definition) is 7. The molecule has 2 aromatic rings. The van der Waals surface area contributed by atoms with Crippen LogP contribution in [0, 0.1) is 0 Å². The molecule has 3 rings (SSSR count). The standard InChI is InChI=1S/C18H18N2O7S/c19-28(23,24)14-7-5-12(6-8-14)18(22)26-11-17(21)20-9-13-10-25-15-3-1-2-4-16(15)27-13/h1-8,13H,9-11H2,(H,20,21)(H2,19,23,24). The first-order valence-corrected chi connectivity index (χ1v) is 9.83. The Labute approximate surface area is 161 Å². The van der Waals surface area contributed by atoms with E-state index in [2.05, 4.69) is 5.32 Å². The van der Waals surface area contributed by atoms with Gasteiger partial charge in [-0.25, -0.2) is 18.4 Å². The van der Waals surface area contributed by atoms with E-state index in [1.165, 1.54) is 24.3 Å². The molecular weight excluding hydrogens is 388 g/mol. The van der Waals surface area contributed by atoms with Gasteiger partial charge in [0, 0.05) is 0 Å². The average molecular weight is 406 g/mol. The predicted molar refractivity (Wildman–Crippen MR) is 97.5 cm³/mol. The van der Waals surface area contributed by atoms with Gasteiger partial charge in [0.05, 0.1) is 17.0 Å². The summed E-state index contributed by atoms with van der Waals surface area (Å²) in [7, 11) is -3.85. The van der Waals surface area contributed by atoms with Gasteiger partial charge in [-0.2, -0.15) is 0 Å². The highest BCUT2D eigenvalue weighted by molar-refractivity contribution is 7.89. The van der Waals surface area contributed by atoms with Crippen LogP contribution in [0.1, 0.15) is 10.4 Å². The van der Waals surface area contributed by atoms with Crippen LogP contribution in [-0.2, 0) is 19.6 Å². The Bertz CT molecular complexity index is 974. The lowest BCUT2D eigenvalue weighted by atomic mass is 10.2. The summed E-state index contributed by atoms with van der Waals surface area (Å²) in [5.74, 6) is -0.0194. The summed E-state index contributed by atoms with van der Waals surface area (Å²) in [6.07, 6.45) is -0.361. The molecule has 1 aliphatic rings. The van der Waals surface area contributed by atoms with Crippen molar-refractivity contribution in [2.75, 3.05) is 19.8 Å². The zero-order chi connectivity index (χ0) is 20.1. The van der Waals surface area contributed by atoms with E-state index in [-0.39, 0.29) is 29.7 Å². The number of fused-ring (bicyclic) bond motifs is 1. The molecule has 1 aliphatic heterocycles. The molecule has 0 saturated heterocycles. The fourth-order valence-electron chi connectivity index (χ4n) is 2.44. The third-order valence-corrected chi connectivity index (χ3v) is 4.78. The van der Waals surface area contributed by atoms with E-state index in [9.17, 15) is 18.0 Å². The van der Waals surface area contributed by atoms with E-state index in [0.29, 0.717) is 11.5 Å². The minimum absolute atomic E-state index is 0.0980. The van der Waals surface area contributed by atoms with Crippen molar-refractivity contribution in [1.82, 2.24) is 5.32 Å². The Morgan fingerprint density at radius 1 is 1.11 bits per heavy atom. The zero-order valence-corrected chi connectivity index (χ0v) is 15.5. The second-order valence-corrected chi connectivity index (χ2v) is 7.51. The summed E-state index contributed by atoms with van der Waals surface area (Å²) >= 11 is 0. The number of hydrogen-bond donors (Lipinski definition) is 2. The largest absolute Gasteiger partial charge is 0.486 e. The number of esters is 1. The lowest BCUT2D eigenvalue weighted by Crippen LogP contribution is -2.42. The minimum atomic E-state index is -3.85. The topological polar surface area (TPSA) is 134 Å². The summed E-state index contributed by atoms with van der Waals surface area (Å²) in [6, 6.07) is 12.1. The summed E-state index contributed by atoms with van der Waals surface area (Å²) < 4.78 is 38.5. The number of amides is 1. The second-order valence-electron chi connectivity index (χ2n) is 5.95. The Balaban J connectivity index is 1.44. The van der Waals surface area contributed by atoms with Gasteiger partial charge in [0.15, 0.2) is 18.1 Å². The van der Waals surface area contributed by atoms with Crippen molar-refractivity contribution in [3.63, 3.8) is 0 Å². The lowest BCUT2D eigenvalue weighted by Gasteiger charge is -2.26. The van der Waals surface area contributed by atoms with Crippen LogP contribution in [-0.4, -0.2) is 46.2 Å². The molecule has 1 heterocycles. The van der Waals surface area contributed by atoms with E-state index in [1.54, 1.807) is 12.1 Å². The second kappa shape index (κ2) is 8.28. The first kappa shape index (κ1) is 19.6. The maximum Gasteiger partial charge on any atom is 0.338 e. The minimum Gasteiger partial charge on any atom is -0.486 e. The van der Waals surface area contributed by atoms with Gasteiger partial charge in [-0.05, 0) is 36.4 Å². The number of para-hydroxylation sites is 2. The number of ether oxygens (including phenoxy) is 3. The van der Waals surface area contributed by atoms with Gasteiger partial charge in [-0.1, -0.05) is 12.1 Å². The maximum atomic E-state index is 11.9. The molecule has 0 fully saturated rings. The summed E-state index contributed by atoms with van der Waals surface area (Å²) in [6.45, 7) is -0.0127. The Hall–Kier alpha value is -3.11. The van der Waals surface area contributed by atoms with Crippen molar-refractivity contribution < 1.29 is 32.2 Å². The Morgan fingerprint density at radius 3 is 2.46 bits per heavy atom. The van der Waals surface area contributed by atoms with Crippen LogP contribution in [0.3, 0.4) is 0 Å². The smallest absolute Gasteiger partial charge is 0.338 e. The molecule has 0 aromatic heterocycles. The van der Waals surface area contributed by atoms with Crippen LogP contribution < -0.4 is 19.9 Å². The van der Waals surface area contributed by atoms with Gasteiger partial charge in [-0.15, -0.1) is 0 Å². The molecule has 3 N–H and O–H groups in total. The van der Waals surface area contributed by atoms with Crippen molar-refractivity contribution in [2.45, 2.75) is 11.0 Å². The molecular formula is C18H18N2O7S. The number of benzene rings is 2. The molecule has 1 amide bonds. The van der Waals surface area contributed by atoms with Gasteiger partial charge in [0.25, 0.3) is 5.91 Å². The highest BCUT2D eigenvalue weighted by atomic mass is 32.2. The summed E-state index contributed by atoms with van der Waals surface area (Å²) in [4.78, 5) is 23.7. The lowest BCUT2D eigenvalue weighted by molar-refractivity contribution is -0.124. The highest BCUT2D eigenvalue weighted by Gasteiger charge is 2.21. The van der Waals surface area contributed by atoms with Crippen LogP contribution in [0.25, 0.3) is 0 Å². The van der Waals surface area contributed by atoms with Gasteiger partial charge in [-0.3, -0.25) is 4.79 Å². The summed E-state index contributed by atoms with van der Waals surface area (Å²) in [5, 5.41) is 7.59. The number of nitrogens with one attached hydrogen (secondary N) is 1. The molecule has 0 aliphatic carbocycles. The molecule has 148 valence electrons. The fraction of sp³-hybridized carbons (Fsp3) is 0.222. The van der Waals surface area contributed by atoms with Crippen molar-refractivity contribution in [3.05, 3.63) is 54.1 Å². The van der Waals surface area contributed by atoms with Gasteiger partial charge in [0.2, 0.25) is 10.0 Å². The third-order valence-electron chi connectivity index (χ3n) is 3.85. The number of sulfonamides is 1. The quantitative estimate of drug-likeness (QED) is 0.665. The van der Waals surface area contributed by atoms with Crippen LogP contribution in [0.5, 0.6) is 11.5 Å². The zero-order valence-electron chi connectivity index (χ0n) is 14.7. The predicted octanol–water partition coefficient (Wildman–Crippen LogP) is 0.447. The van der Waals surface area contributed by atoms with E-state index in [1.807, 2.05) is 12.1 Å². The molecule has 9 nitrogen and oxygen atoms in total. The fourth-order valence-corrected chi connectivity index (χ4v) is 2.95. The van der Waals surface area contributed by atoms with Crippen molar-refractivity contribution in [2.24, 2.45) is 5.14 Å². The molecule has 0 radical (unpaired) electrons. The summed E-state index contributed by atoms with van der Waals surface area (Å²) in [5.41, 5.74) is 0.0980. The van der Waals surface area contributed by atoms with Crippen LogP contribution >= 0.6 is 0 Å². The molecule has 10 heteroatoms. The molecule has 0 saturated carbocycles. The number of rotatable bonds is 6. The van der Waals surface area contributed by atoms with Gasteiger partial charge in [0.1, 0.15) is 12.7 Å². The first-order valence-electron chi connectivity index (χ1n) is 8.28. The van der Waals surface area contributed by atoms with Crippen LogP contribution in [0.2, 0.25) is 0 Å². The first-order chi connectivity index (χ1) is 13.3. The molecule has 2 aromatic carbocycles. The monoisotopic (exact) mass is 406 g/mol. The van der Waals surface area contributed by atoms with Crippen LogP contribution in [0.15, 0.2) is 53.4 Å². The molecule has 0 bridgehead atoms. The molecule has 28 heavy (non-hydrogen) atoms. The van der Waals surface area contributed by atoms with E-state index in [4.69, 9.17) is 19.3 Å². The van der Waals surface area contributed by atoms with Gasteiger partial charge < -0.3 is 19.5 Å². The van der Waals surface area contributed by atoms with Crippen molar-refractivity contribution in [1.29, 1.82) is 0 Å². The molecule has 0 spiro atoms. The number of primary sulfonamides is 1. The van der Waals surface area contributed by atoms with Crippen molar-refractivity contribution >= 4 is 21.9 Å². The normalized spacial score (nSPS) is 15.5. The molecule has 1 unspecified atom stereocenters. The number of nitrogens with two attached hydrogens (primary N) is 1. The Morgan fingerprint density at radius 2 is 1.79 bits per heavy atom. The maximum absolute atomic E-state index is 11.9. The average Bonchev–Trinajstić information content (AvgIpc) is 2.69. The van der Waals surface area contributed by atoms with Crippen molar-refractivity contribution in [3.8, 4) is 11.5 Å². The SMILES string of the molecule is NS(=O)(=O)c1ccc(C(=O)OCC(=O)NCC2COc3ccccc3O2)cc1. The molecule has 1 atom stereocenters. The number of carbonyl (C=O) groups is 2.